The molecule has 138 valence electrons. The fourth-order valence-corrected chi connectivity index (χ4v) is 2.75. The first-order chi connectivity index (χ1) is 12.9. The number of aryl methyl sites for hydroxylation is 1. The van der Waals surface area contributed by atoms with Crippen LogP contribution in [0.25, 0.3) is 11.3 Å². The van der Waals surface area contributed by atoms with E-state index in [9.17, 15) is 9.59 Å². The Morgan fingerprint density at radius 2 is 1.81 bits per heavy atom. The number of halogens is 1. The van der Waals surface area contributed by atoms with Crippen molar-refractivity contribution in [3.63, 3.8) is 0 Å². The molecule has 3 aromatic rings. The number of anilines is 1. The molecule has 1 heterocycles. The van der Waals surface area contributed by atoms with Crippen LogP contribution < -0.4 is 5.32 Å². The second kappa shape index (κ2) is 8.10. The average Bonchev–Trinajstić information content (AvgIpc) is 3.11. The van der Waals surface area contributed by atoms with E-state index >= 15 is 0 Å². The zero-order chi connectivity index (χ0) is 19.4. The van der Waals surface area contributed by atoms with E-state index in [1.54, 1.807) is 37.4 Å². The van der Waals surface area contributed by atoms with Crippen molar-refractivity contribution in [2.24, 2.45) is 0 Å². The standard InChI is InChI=1S/C21H19ClN2O3/c1-14-4-3-5-17(12-14)23-20(25)13-24(2)21(26)19-11-10-18(27-19)15-6-8-16(22)9-7-15/h3-12H,13H2,1-2H3,(H,23,25). The molecule has 0 aliphatic heterocycles. The van der Waals surface area contributed by atoms with Crippen LogP contribution in [0.1, 0.15) is 16.1 Å². The maximum absolute atomic E-state index is 12.5. The minimum absolute atomic E-state index is 0.0796. The maximum atomic E-state index is 12.5. The van der Waals surface area contributed by atoms with Gasteiger partial charge in [0.2, 0.25) is 5.91 Å². The Morgan fingerprint density at radius 1 is 1.07 bits per heavy atom. The Labute approximate surface area is 162 Å². The van der Waals surface area contributed by atoms with Crippen LogP contribution in [0.2, 0.25) is 5.02 Å². The van der Waals surface area contributed by atoms with Crippen LogP contribution in [0.5, 0.6) is 0 Å². The van der Waals surface area contributed by atoms with Gasteiger partial charge < -0.3 is 14.6 Å². The molecule has 0 atom stereocenters. The Balaban J connectivity index is 1.63. The van der Waals surface area contributed by atoms with Crippen molar-refractivity contribution in [1.82, 2.24) is 4.90 Å². The molecule has 0 spiro atoms. The number of amides is 2. The molecule has 0 bridgehead atoms. The third-order valence-corrected chi connectivity index (χ3v) is 4.23. The van der Waals surface area contributed by atoms with Gasteiger partial charge in [0.1, 0.15) is 5.76 Å². The van der Waals surface area contributed by atoms with Crippen LogP contribution in [0, 0.1) is 6.92 Å². The van der Waals surface area contributed by atoms with Crippen molar-refractivity contribution in [1.29, 1.82) is 0 Å². The first-order valence-corrected chi connectivity index (χ1v) is 8.78. The van der Waals surface area contributed by atoms with Gasteiger partial charge in [-0.25, -0.2) is 0 Å². The number of furan rings is 1. The molecule has 0 saturated heterocycles. The summed E-state index contributed by atoms with van der Waals surface area (Å²) in [5.41, 5.74) is 2.56. The van der Waals surface area contributed by atoms with Crippen molar-refractivity contribution in [3.05, 3.63) is 77.0 Å². The Bertz CT molecular complexity index is 964. The van der Waals surface area contributed by atoms with Crippen LogP contribution in [-0.2, 0) is 4.79 Å². The van der Waals surface area contributed by atoms with Gasteiger partial charge in [0, 0.05) is 23.3 Å². The molecule has 0 radical (unpaired) electrons. The van der Waals surface area contributed by atoms with Crippen LogP contribution >= 0.6 is 11.6 Å². The molecule has 0 unspecified atom stereocenters. The summed E-state index contributed by atoms with van der Waals surface area (Å²) >= 11 is 5.88. The summed E-state index contributed by atoms with van der Waals surface area (Å²) < 4.78 is 5.64. The molecule has 1 aromatic heterocycles. The quantitative estimate of drug-likeness (QED) is 0.700. The minimum Gasteiger partial charge on any atom is -0.451 e. The number of nitrogens with one attached hydrogen (secondary N) is 1. The molecule has 0 aliphatic carbocycles. The van der Waals surface area contributed by atoms with E-state index in [0.717, 1.165) is 11.1 Å². The molecular formula is C21H19ClN2O3. The normalized spacial score (nSPS) is 10.5. The number of hydrogen-bond donors (Lipinski definition) is 1. The van der Waals surface area contributed by atoms with Crippen LogP contribution in [0.15, 0.2) is 65.1 Å². The molecule has 3 rings (SSSR count). The van der Waals surface area contributed by atoms with Crippen LogP contribution in [0.3, 0.4) is 0 Å². The zero-order valence-corrected chi connectivity index (χ0v) is 15.8. The summed E-state index contributed by atoms with van der Waals surface area (Å²) in [7, 11) is 1.56. The number of nitrogens with zero attached hydrogens (tertiary/aromatic N) is 1. The number of rotatable bonds is 5. The zero-order valence-electron chi connectivity index (χ0n) is 15.0. The Morgan fingerprint density at radius 3 is 2.52 bits per heavy atom. The molecule has 0 fully saturated rings. The highest BCUT2D eigenvalue weighted by Gasteiger charge is 2.19. The number of benzene rings is 2. The molecule has 2 amide bonds. The lowest BCUT2D eigenvalue weighted by Crippen LogP contribution is -2.34. The summed E-state index contributed by atoms with van der Waals surface area (Å²) in [5, 5.41) is 3.41. The van der Waals surface area contributed by atoms with Crippen molar-refractivity contribution in [2.45, 2.75) is 6.92 Å². The van der Waals surface area contributed by atoms with Gasteiger partial charge in [-0.05, 0) is 61.0 Å². The lowest BCUT2D eigenvalue weighted by molar-refractivity contribution is -0.116. The highest BCUT2D eigenvalue weighted by Crippen LogP contribution is 2.24. The van der Waals surface area contributed by atoms with Gasteiger partial charge in [-0.15, -0.1) is 0 Å². The first-order valence-electron chi connectivity index (χ1n) is 8.40. The molecule has 2 aromatic carbocycles. The summed E-state index contributed by atoms with van der Waals surface area (Å²) in [6.45, 7) is 1.87. The van der Waals surface area contributed by atoms with Gasteiger partial charge in [0.25, 0.3) is 5.91 Å². The highest BCUT2D eigenvalue weighted by molar-refractivity contribution is 6.30. The smallest absolute Gasteiger partial charge is 0.289 e. The van der Waals surface area contributed by atoms with E-state index < -0.39 is 0 Å². The van der Waals surface area contributed by atoms with Gasteiger partial charge in [-0.3, -0.25) is 9.59 Å². The predicted octanol–water partition coefficient (Wildman–Crippen LogP) is 4.62. The second-order valence-electron chi connectivity index (χ2n) is 6.25. The van der Waals surface area contributed by atoms with Crippen molar-refractivity contribution >= 4 is 29.1 Å². The lowest BCUT2D eigenvalue weighted by atomic mass is 10.2. The molecule has 1 N–H and O–H groups in total. The van der Waals surface area contributed by atoms with Crippen LogP contribution in [0.4, 0.5) is 5.69 Å². The Hall–Kier alpha value is -3.05. The summed E-state index contributed by atoms with van der Waals surface area (Å²) in [6, 6.07) is 17.9. The van der Waals surface area contributed by atoms with Crippen molar-refractivity contribution in [3.8, 4) is 11.3 Å². The van der Waals surface area contributed by atoms with E-state index in [4.69, 9.17) is 16.0 Å². The maximum Gasteiger partial charge on any atom is 0.289 e. The lowest BCUT2D eigenvalue weighted by Gasteiger charge is -2.15. The molecule has 5 nitrogen and oxygen atoms in total. The Kier molecular flexibility index (Phi) is 5.62. The van der Waals surface area contributed by atoms with Crippen molar-refractivity contribution in [2.75, 3.05) is 18.9 Å². The number of hydrogen-bond acceptors (Lipinski definition) is 3. The van der Waals surface area contributed by atoms with E-state index in [2.05, 4.69) is 5.32 Å². The third kappa shape index (κ3) is 4.77. The molecule has 27 heavy (non-hydrogen) atoms. The van der Waals surface area contributed by atoms with Gasteiger partial charge in [-0.2, -0.15) is 0 Å². The minimum atomic E-state index is -0.366. The topological polar surface area (TPSA) is 62.6 Å². The van der Waals surface area contributed by atoms with E-state index in [0.29, 0.717) is 16.5 Å². The molecule has 6 heteroatoms. The summed E-state index contributed by atoms with van der Waals surface area (Å²) in [4.78, 5) is 26.0. The third-order valence-electron chi connectivity index (χ3n) is 3.97. The number of carbonyl (C=O) groups is 2. The number of likely N-dealkylation sites (N-methyl/N-ethyl adjacent to an activating group) is 1. The fourth-order valence-electron chi connectivity index (χ4n) is 2.62. The highest BCUT2D eigenvalue weighted by atomic mass is 35.5. The van der Waals surface area contributed by atoms with Gasteiger partial charge in [0.15, 0.2) is 5.76 Å². The molecular weight excluding hydrogens is 364 g/mol. The molecule has 0 saturated carbocycles. The van der Waals surface area contributed by atoms with Gasteiger partial charge in [-0.1, -0.05) is 23.7 Å². The average molecular weight is 383 g/mol. The van der Waals surface area contributed by atoms with Crippen molar-refractivity contribution < 1.29 is 14.0 Å². The van der Waals surface area contributed by atoms with Crippen LogP contribution in [-0.4, -0.2) is 30.3 Å². The predicted molar refractivity (Wildman–Crippen MR) is 106 cm³/mol. The largest absolute Gasteiger partial charge is 0.451 e. The SMILES string of the molecule is Cc1cccc(NC(=O)CN(C)C(=O)c2ccc(-c3ccc(Cl)cc3)o2)c1. The molecule has 0 aliphatic rings. The monoisotopic (exact) mass is 382 g/mol. The van der Waals surface area contributed by atoms with Gasteiger partial charge in [0.05, 0.1) is 6.54 Å². The van der Waals surface area contributed by atoms with Gasteiger partial charge >= 0.3 is 0 Å². The van der Waals surface area contributed by atoms with E-state index in [1.807, 2.05) is 37.3 Å². The van der Waals surface area contributed by atoms with E-state index in [1.165, 1.54) is 4.90 Å². The summed E-state index contributed by atoms with van der Waals surface area (Å²) in [6.07, 6.45) is 0. The fraction of sp³-hybridized carbons (Fsp3) is 0.143. The summed E-state index contributed by atoms with van der Waals surface area (Å²) in [5.74, 6) is 0.0916. The second-order valence-corrected chi connectivity index (χ2v) is 6.69. The van der Waals surface area contributed by atoms with E-state index in [-0.39, 0.29) is 24.1 Å². The number of carbonyl (C=O) groups excluding carboxylic acids is 2. The first kappa shape index (κ1) is 18.7.